The second-order valence-electron chi connectivity index (χ2n) is 4.12. The zero-order chi connectivity index (χ0) is 14.7. The minimum absolute atomic E-state index is 0.106. The zero-order valence-electron chi connectivity index (χ0n) is 10.5. The molecule has 104 valence electrons. The number of nitrogens with zero attached hydrogens (tertiary/aromatic N) is 3. The topological polar surface area (TPSA) is 90.1 Å². The molecule has 0 atom stereocenters. The van der Waals surface area contributed by atoms with Crippen LogP contribution in [-0.2, 0) is 13.6 Å². The van der Waals surface area contributed by atoms with Crippen LogP contribution in [0.1, 0.15) is 15.9 Å². The Morgan fingerprint density at radius 1 is 1.55 bits per heavy atom. The molecule has 0 fully saturated rings. The number of hydrogen-bond donors (Lipinski definition) is 1. The monoisotopic (exact) mass is 294 g/mol. The van der Waals surface area contributed by atoms with Gasteiger partial charge < -0.3 is 9.88 Å². The molecule has 2 rings (SSSR count). The predicted molar refractivity (Wildman–Crippen MR) is 72.5 cm³/mol. The molecule has 1 amide bonds. The Kier molecular flexibility index (Phi) is 3.99. The maximum absolute atomic E-state index is 12.0. The van der Waals surface area contributed by atoms with Crippen LogP contribution < -0.4 is 5.32 Å². The number of nitro groups is 1. The number of hydrogen-bond acceptors (Lipinski definition) is 4. The number of aromatic nitrogens is 2. The van der Waals surface area contributed by atoms with Crippen molar-refractivity contribution in [1.29, 1.82) is 0 Å². The average molecular weight is 295 g/mol. The highest BCUT2D eigenvalue weighted by Crippen LogP contribution is 2.25. The SMILES string of the molecule is Cn1ccc(CNC(=O)c2ccnc(Cl)c2[N+](=O)[O-])c1. The van der Waals surface area contributed by atoms with Gasteiger partial charge in [-0.3, -0.25) is 14.9 Å². The van der Waals surface area contributed by atoms with Gasteiger partial charge in [0.05, 0.1) is 4.92 Å². The van der Waals surface area contributed by atoms with Crippen molar-refractivity contribution in [1.82, 2.24) is 14.9 Å². The standard InChI is InChI=1S/C12H11ClN4O3/c1-16-5-3-8(7-16)6-15-12(18)9-2-4-14-11(13)10(9)17(19)20/h2-5,7H,6H2,1H3,(H,15,18). The first-order valence-electron chi connectivity index (χ1n) is 5.67. The molecule has 2 aromatic rings. The molecule has 0 unspecified atom stereocenters. The number of aryl methyl sites for hydroxylation is 1. The Bertz CT molecular complexity index is 668. The lowest BCUT2D eigenvalue weighted by Crippen LogP contribution is -2.23. The molecule has 0 aliphatic rings. The van der Waals surface area contributed by atoms with Gasteiger partial charge in [0.15, 0.2) is 0 Å². The molecule has 2 heterocycles. The molecular weight excluding hydrogens is 284 g/mol. The van der Waals surface area contributed by atoms with E-state index in [1.807, 2.05) is 30.1 Å². The molecule has 2 aromatic heterocycles. The number of halogens is 1. The third-order valence-electron chi connectivity index (χ3n) is 2.65. The first kappa shape index (κ1) is 14.0. The molecular formula is C12H11ClN4O3. The van der Waals surface area contributed by atoms with Crippen molar-refractivity contribution in [2.45, 2.75) is 6.54 Å². The van der Waals surface area contributed by atoms with Crippen LogP contribution in [0.2, 0.25) is 5.15 Å². The van der Waals surface area contributed by atoms with Crippen LogP contribution in [0, 0.1) is 10.1 Å². The number of carbonyl (C=O) groups is 1. The van der Waals surface area contributed by atoms with E-state index < -0.39 is 16.5 Å². The molecule has 7 nitrogen and oxygen atoms in total. The van der Waals surface area contributed by atoms with Crippen LogP contribution in [-0.4, -0.2) is 20.4 Å². The molecule has 0 aliphatic carbocycles. The average Bonchev–Trinajstić information content (AvgIpc) is 2.81. The van der Waals surface area contributed by atoms with Gasteiger partial charge in [-0.05, 0) is 17.7 Å². The van der Waals surface area contributed by atoms with Gasteiger partial charge >= 0.3 is 5.69 Å². The van der Waals surface area contributed by atoms with E-state index in [2.05, 4.69) is 10.3 Å². The zero-order valence-corrected chi connectivity index (χ0v) is 11.3. The lowest BCUT2D eigenvalue weighted by molar-refractivity contribution is -0.385. The molecule has 0 spiro atoms. The molecule has 0 saturated carbocycles. The van der Waals surface area contributed by atoms with E-state index in [1.54, 1.807) is 0 Å². The van der Waals surface area contributed by atoms with Gasteiger partial charge in [0.1, 0.15) is 5.56 Å². The van der Waals surface area contributed by atoms with Crippen LogP contribution in [0.4, 0.5) is 5.69 Å². The Labute approximate surface area is 119 Å². The maximum atomic E-state index is 12.0. The number of rotatable bonds is 4. The summed E-state index contributed by atoms with van der Waals surface area (Å²) in [7, 11) is 1.86. The predicted octanol–water partition coefficient (Wildman–Crippen LogP) is 1.91. The van der Waals surface area contributed by atoms with Gasteiger partial charge in [0.2, 0.25) is 5.15 Å². The molecule has 0 aliphatic heterocycles. The van der Waals surface area contributed by atoms with Crippen molar-refractivity contribution in [3.63, 3.8) is 0 Å². The van der Waals surface area contributed by atoms with Gasteiger partial charge in [-0.15, -0.1) is 0 Å². The molecule has 0 saturated heterocycles. The Morgan fingerprint density at radius 3 is 2.90 bits per heavy atom. The normalized spacial score (nSPS) is 10.3. The first-order chi connectivity index (χ1) is 9.49. The largest absolute Gasteiger partial charge is 0.357 e. The van der Waals surface area contributed by atoms with Crippen LogP contribution in [0.5, 0.6) is 0 Å². The minimum atomic E-state index is -0.716. The van der Waals surface area contributed by atoms with E-state index in [-0.39, 0.29) is 17.3 Å². The van der Waals surface area contributed by atoms with E-state index in [9.17, 15) is 14.9 Å². The van der Waals surface area contributed by atoms with Crippen LogP contribution in [0.15, 0.2) is 30.7 Å². The van der Waals surface area contributed by atoms with Gasteiger partial charge in [0, 0.05) is 32.2 Å². The summed E-state index contributed by atoms with van der Waals surface area (Å²) in [6.45, 7) is 0.275. The number of carbonyl (C=O) groups excluding carboxylic acids is 1. The fourth-order valence-electron chi connectivity index (χ4n) is 1.73. The molecule has 20 heavy (non-hydrogen) atoms. The summed E-state index contributed by atoms with van der Waals surface area (Å²) >= 11 is 5.65. The van der Waals surface area contributed by atoms with Crippen LogP contribution in [0.3, 0.4) is 0 Å². The highest BCUT2D eigenvalue weighted by Gasteiger charge is 2.24. The summed E-state index contributed by atoms with van der Waals surface area (Å²) in [4.78, 5) is 25.8. The van der Waals surface area contributed by atoms with E-state index in [0.717, 1.165) is 5.56 Å². The lowest BCUT2D eigenvalue weighted by Gasteiger charge is -2.05. The molecule has 1 N–H and O–H groups in total. The third-order valence-corrected chi connectivity index (χ3v) is 2.93. The smallest absolute Gasteiger partial charge is 0.319 e. The summed E-state index contributed by atoms with van der Waals surface area (Å²) in [5, 5.41) is 13.2. The van der Waals surface area contributed by atoms with E-state index in [1.165, 1.54) is 12.3 Å². The Balaban J connectivity index is 2.17. The van der Waals surface area contributed by atoms with Crippen molar-refractivity contribution in [2.75, 3.05) is 0 Å². The van der Waals surface area contributed by atoms with E-state index in [4.69, 9.17) is 11.6 Å². The summed E-state index contributed by atoms with van der Waals surface area (Å²) < 4.78 is 1.84. The Morgan fingerprint density at radius 2 is 2.30 bits per heavy atom. The van der Waals surface area contributed by atoms with Crippen LogP contribution >= 0.6 is 11.6 Å². The fourth-order valence-corrected chi connectivity index (χ4v) is 1.96. The quantitative estimate of drug-likeness (QED) is 0.530. The third kappa shape index (κ3) is 2.94. The molecule has 8 heteroatoms. The van der Waals surface area contributed by atoms with Gasteiger partial charge in [-0.25, -0.2) is 4.98 Å². The Hall–Kier alpha value is -2.41. The second-order valence-corrected chi connectivity index (χ2v) is 4.48. The summed E-state index contributed by atoms with van der Waals surface area (Å²) in [5.74, 6) is -0.565. The molecule has 0 bridgehead atoms. The van der Waals surface area contributed by atoms with Crippen molar-refractivity contribution in [3.8, 4) is 0 Å². The second kappa shape index (κ2) is 5.70. The van der Waals surface area contributed by atoms with Crippen molar-refractivity contribution >= 4 is 23.2 Å². The summed E-state index contributed by atoms with van der Waals surface area (Å²) in [5.41, 5.74) is 0.300. The highest BCUT2D eigenvalue weighted by molar-refractivity contribution is 6.32. The van der Waals surface area contributed by atoms with Crippen molar-refractivity contribution < 1.29 is 9.72 Å². The van der Waals surface area contributed by atoms with Crippen molar-refractivity contribution in [2.24, 2.45) is 7.05 Å². The number of nitrogens with one attached hydrogen (secondary N) is 1. The van der Waals surface area contributed by atoms with E-state index in [0.29, 0.717) is 0 Å². The van der Waals surface area contributed by atoms with Gasteiger partial charge in [0.25, 0.3) is 5.91 Å². The van der Waals surface area contributed by atoms with Crippen LogP contribution in [0.25, 0.3) is 0 Å². The van der Waals surface area contributed by atoms with Crippen molar-refractivity contribution in [3.05, 3.63) is 57.1 Å². The maximum Gasteiger partial charge on any atom is 0.319 e. The highest BCUT2D eigenvalue weighted by atomic mass is 35.5. The number of pyridine rings is 1. The van der Waals surface area contributed by atoms with Gasteiger partial charge in [-0.2, -0.15) is 0 Å². The van der Waals surface area contributed by atoms with E-state index >= 15 is 0 Å². The summed E-state index contributed by atoms with van der Waals surface area (Å²) in [6.07, 6.45) is 4.94. The number of amides is 1. The molecule has 0 aromatic carbocycles. The lowest BCUT2D eigenvalue weighted by atomic mass is 10.2. The molecule has 0 radical (unpaired) electrons. The van der Waals surface area contributed by atoms with Gasteiger partial charge in [-0.1, -0.05) is 11.6 Å². The minimum Gasteiger partial charge on any atom is -0.357 e. The summed E-state index contributed by atoms with van der Waals surface area (Å²) in [6, 6.07) is 3.11. The fraction of sp³-hybridized carbons (Fsp3) is 0.167. The first-order valence-corrected chi connectivity index (χ1v) is 6.05.